The first-order valence-electron chi connectivity index (χ1n) is 7.32. The van der Waals surface area contributed by atoms with Gasteiger partial charge < -0.3 is 4.55 Å². The van der Waals surface area contributed by atoms with Crippen molar-refractivity contribution in [3.05, 3.63) is 71.9 Å². The molecule has 0 aliphatic heterocycles. The fraction of sp³-hybridized carbons (Fsp3) is 0.118. The number of hydrogen-bond acceptors (Lipinski definition) is 3. The van der Waals surface area contributed by atoms with E-state index in [1.54, 1.807) is 36.4 Å². The van der Waals surface area contributed by atoms with Gasteiger partial charge in [-0.3, -0.25) is 9.35 Å². The molecule has 0 spiro atoms. The van der Waals surface area contributed by atoms with Crippen molar-refractivity contribution in [3.63, 3.8) is 0 Å². The lowest BCUT2D eigenvalue weighted by molar-refractivity contribution is -0.141. The zero-order valence-corrected chi connectivity index (χ0v) is 14.4. The molecular weight excluding hydrogens is 367 g/mol. The number of hydrogen-bond donors (Lipinski definition) is 1. The number of halogens is 3. The Balaban J connectivity index is 0.000000552. The highest BCUT2D eigenvalue weighted by Gasteiger charge is 2.35. The lowest BCUT2D eigenvalue weighted by Gasteiger charge is -2.07. The first-order valence-corrected chi connectivity index (χ1v) is 8.45. The fourth-order valence-electron chi connectivity index (χ4n) is 2.22. The molecule has 5 nitrogen and oxygen atoms in total. The number of aromatic nitrogens is 2. The highest BCUT2D eigenvalue weighted by Crippen LogP contribution is 2.33. The van der Waals surface area contributed by atoms with Crippen molar-refractivity contribution in [2.24, 2.45) is 5.14 Å². The zero-order valence-electron chi connectivity index (χ0n) is 13.6. The number of aryl methyl sites for hydroxylation is 1. The third-order valence-electron chi connectivity index (χ3n) is 3.35. The maximum atomic E-state index is 13.0. The van der Waals surface area contributed by atoms with Crippen LogP contribution in [0.15, 0.2) is 60.7 Å². The number of para-hydroxylation sites is 1. The standard InChI is InChI=1S/C17H13F3N2.H3NO2S/c1-12-7-9-13(10-8-12)15-11-16(17(18,19)20)21-22(15)14-5-3-2-4-6-14;1-4(2)3/h2-11H,1H3;1H2,(H,2,3)/p-1. The van der Waals surface area contributed by atoms with Crippen molar-refractivity contribution in [2.45, 2.75) is 13.1 Å². The Kier molecular flexibility index (Phi) is 6.30. The maximum absolute atomic E-state index is 13.0. The van der Waals surface area contributed by atoms with Crippen LogP contribution < -0.4 is 5.14 Å². The second-order valence-corrected chi connectivity index (χ2v) is 5.81. The van der Waals surface area contributed by atoms with Gasteiger partial charge in [-0.2, -0.15) is 18.3 Å². The molecule has 138 valence electrons. The van der Waals surface area contributed by atoms with Gasteiger partial charge in [0.2, 0.25) is 0 Å². The van der Waals surface area contributed by atoms with E-state index < -0.39 is 23.1 Å². The molecule has 0 aliphatic carbocycles. The van der Waals surface area contributed by atoms with Gasteiger partial charge in [0.05, 0.1) is 11.4 Å². The molecule has 0 saturated heterocycles. The highest BCUT2D eigenvalue weighted by molar-refractivity contribution is 7.76. The molecule has 0 aliphatic rings. The number of benzene rings is 2. The van der Waals surface area contributed by atoms with Crippen molar-refractivity contribution < 1.29 is 21.9 Å². The van der Waals surface area contributed by atoms with E-state index in [1.165, 1.54) is 4.68 Å². The van der Waals surface area contributed by atoms with Crippen LogP contribution in [-0.2, 0) is 17.4 Å². The molecule has 0 fully saturated rings. The molecule has 1 atom stereocenters. The van der Waals surface area contributed by atoms with E-state index in [0.717, 1.165) is 11.6 Å². The monoisotopic (exact) mass is 382 g/mol. The molecule has 2 aromatic carbocycles. The predicted molar refractivity (Wildman–Crippen MR) is 91.8 cm³/mol. The molecule has 3 rings (SSSR count). The van der Waals surface area contributed by atoms with Gasteiger partial charge in [-0.25, -0.2) is 4.68 Å². The minimum Gasteiger partial charge on any atom is -0.760 e. The summed E-state index contributed by atoms with van der Waals surface area (Å²) < 4.78 is 57.9. The summed E-state index contributed by atoms with van der Waals surface area (Å²) in [6, 6.07) is 17.2. The van der Waals surface area contributed by atoms with Gasteiger partial charge in [0, 0.05) is 16.8 Å². The average molecular weight is 382 g/mol. The summed E-state index contributed by atoms with van der Waals surface area (Å²) in [5.41, 5.74) is 1.85. The average Bonchev–Trinajstić information content (AvgIpc) is 3.01. The Morgan fingerprint density at radius 2 is 1.62 bits per heavy atom. The second kappa shape index (κ2) is 8.26. The largest absolute Gasteiger partial charge is 0.760 e. The first-order chi connectivity index (χ1) is 12.2. The van der Waals surface area contributed by atoms with E-state index >= 15 is 0 Å². The molecule has 0 radical (unpaired) electrons. The third-order valence-corrected chi connectivity index (χ3v) is 3.35. The Morgan fingerprint density at radius 3 is 2.12 bits per heavy atom. The molecule has 0 amide bonds. The molecule has 9 heteroatoms. The predicted octanol–water partition coefficient (Wildman–Crippen LogP) is 3.61. The second-order valence-electron chi connectivity index (χ2n) is 5.29. The van der Waals surface area contributed by atoms with Crippen LogP contribution in [-0.4, -0.2) is 18.5 Å². The maximum Gasteiger partial charge on any atom is 0.435 e. The Bertz CT molecular complexity index is 875. The minimum atomic E-state index is -4.47. The lowest BCUT2D eigenvalue weighted by Crippen LogP contribution is -2.07. The molecule has 0 saturated carbocycles. The highest BCUT2D eigenvalue weighted by atomic mass is 32.2. The van der Waals surface area contributed by atoms with Gasteiger partial charge in [-0.15, -0.1) is 0 Å². The summed E-state index contributed by atoms with van der Waals surface area (Å²) in [7, 11) is 0. The van der Waals surface area contributed by atoms with Crippen LogP contribution in [0, 0.1) is 6.92 Å². The van der Waals surface area contributed by atoms with Crippen LogP contribution in [0.3, 0.4) is 0 Å². The van der Waals surface area contributed by atoms with E-state index in [4.69, 9.17) is 8.76 Å². The smallest absolute Gasteiger partial charge is 0.435 e. The third kappa shape index (κ3) is 5.25. The summed E-state index contributed by atoms with van der Waals surface area (Å²) >= 11 is -2.36. The van der Waals surface area contributed by atoms with Gasteiger partial charge >= 0.3 is 6.18 Å². The van der Waals surface area contributed by atoms with Crippen LogP contribution in [0.4, 0.5) is 13.2 Å². The Morgan fingerprint density at radius 1 is 1.08 bits per heavy atom. The van der Waals surface area contributed by atoms with Crippen LogP contribution >= 0.6 is 0 Å². The Hall–Kier alpha value is -2.49. The van der Waals surface area contributed by atoms with Gasteiger partial charge in [-0.1, -0.05) is 48.0 Å². The quantitative estimate of drug-likeness (QED) is 0.687. The molecule has 1 unspecified atom stereocenters. The topological polar surface area (TPSA) is 84.0 Å². The summed E-state index contributed by atoms with van der Waals surface area (Å²) in [5, 5.41) is 7.77. The summed E-state index contributed by atoms with van der Waals surface area (Å²) in [4.78, 5) is 0. The number of rotatable bonds is 2. The van der Waals surface area contributed by atoms with Crippen LogP contribution in [0.25, 0.3) is 16.9 Å². The summed E-state index contributed by atoms with van der Waals surface area (Å²) in [5.74, 6) is 0. The van der Waals surface area contributed by atoms with Crippen molar-refractivity contribution in [3.8, 4) is 16.9 Å². The molecular formula is C17H15F3N3O2S-. The van der Waals surface area contributed by atoms with E-state index in [9.17, 15) is 13.2 Å². The number of nitrogens with two attached hydrogens (primary N) is 1. The number of nitrogens with zero attached hydrogens (tertiary/aromatic N) is 2. The van der Waals surface area contributed by atoms with Gasteiger partial charge in [-0.05, 0) is 25.1 Å². The first kappa shape index (κ1) is 19.8. The minimum absolute atomic E-state index is 0.415. The summed E-state index contributed by atoms with van der Waals surface area (Å²) in [6.07, 6.45) is -4.47. The SMILES string of the molecule is Cc1ccc(-c2cc(C(F)(F)F)nn2-c2ccccc2)cc1.NS(=O)[O-]. The Labute approximate surface area is 150 Å². The van der Waals surface area contributed by atoms with Crippen molar-refractivity contribution in [1.82, 2.24) is 9.78 Å². The molecule has 1 heterocycles. The van der Waals surface area contributed by atoms with Gasteiger partial charge in [0.15, 0.2) is 5.69 Å². The summed E-state index contributed by atoms with van der Waals surface area (Å²) in [6.45, 7) is 1.93. The van der Waals surface area contributed by atoms with Gasteiger partial charge in [0.25, 0.3) is 0 Å². The molecule has 1 aromatic heterocycles. The van der Waals surface area contributed by atoms with Crippen molar-refractivity contribution >= 4 is 11.3 Å². The van der Waals surface area contributed by atoms with E-state index in [2.05, 4.69) is 10.2 Å². The van der Waals surface area contributed by atoms with Crippen molar-refractivity contribution in [2.75, 3.05) is 0 Å². The lowest BCUT2D eigenvalue weighted by atomic mass is 10.1. The van der Waals surface area contributed by atoms with Crippen molar-refractivity contribution in [1.29, 1.82) is 0 Å². The molecule has 2 N–H and O–H groups in total. The van der Waals surface area contributed by atoms with Gasteiger partial charge in [0.1, 0.15) is 0 Å². The normalized spacial score (nSPS) is 12.2. The van der Waals surface area contributed by atoms with E-state index in [-0.39, 0.29) is 0 Å². The van der Waals surface area contributed by atoms with E-state index in [1.807, 2.05) is 25.1 Å². The molecule has 3 aromatic rings. The van der Waals surface area contributed by atoms with Crippen LogP contribution in [0.5, 0.6) is 0 Å². The fourth-order valence-corrected chi connectivity index (χ4v) is 2.22. The molecule has 0 bridgehead atoms. The van der Waals surface area contributed by atoms with E-state index in [0.29, 0.717) is 16.9 Å². The van der Waals surface area contributed by atoms with Crippen LogP contribution in [0.1, 0.15) is 11.3 Å². The number of alkyl halides is 3. The molecule has 26 heavy (non-hydrogen) atoms. The van der Waals surface area contributed by atoms with Crippen LogP contribution in [0.2, 0.25) is 0 Å². The zero-order chi connectivity index (χ0) is 19.3.